The van der Waals surface area contributed by atoms with Crippen molar-refractivity contribution in [2.45, 2.75) is 62.1 Å². The molecule has 0 unspecified atom stereocenters. The highest BCUT2D eigenvalue weighted by Crippen LogP contribution is 2.54. The van der Waals surface area contributed by atoms with Gasteiger partial charge >= 0.3 is 6.18 Å². The molecule has 240 valence electrons. The fourth-order valence-corrected chi connectivity index (χ4v) is 7.73. The van der Waals surface area contributed by atoms with Crippen molar-refractivity contribution in [2.24, 2.45) is 23.7 Å². The minimum atomic E-state index is -4.92. The number of rotatable bonds is 7. The number of hydrogen-bond donors (Lipinski definition) is 3. The Morgan fingerprint density at radius 3 is 2.47 bits per heavy atom. The molecule has 5 fully saturated rings. The van der Waals surface area contributed by atoms with Gasteiger partial charge in [-0.25, -0.2) is 4.39 Å². The smallest absolute Gasteiger partial charge is 0.419 e. The van der Waals surface area contributed by atoms with E-state index in [1.54, 1.807) is 12.1 Å². The van der Waals surface area contributed by atoms with E-state index < -0.39 is 53.5 Å². The minimum absolute atomic E-state index is 0.0965. The standard InChI is InChI=1S/C33H34F4N2O6/c1-43-26-9-4-16(22-13-44-30-25(40)14-45-29(22)30)11-21(26)31(41)39-28-19-7-6-18(20(19)10-15-2-3-15)27(28)32(42)38-17-5-8-24(34)23(12-17)33(35,36)37/h4-5,8-12,15,18-19,22,25,27-30,40H,2-3,6-7,13-14H2,1H3,(H,38,42)(H,39,41)/b20-10-/t18-,19+,22-,25-,27-,28+,29+,30+/m0/s1. The number of aliphatic hydroxyl groups excluding tert-OH is 1. The van der Waals surface area contributed by atoms with Crippen molar-refractivity contribution in [1.29, 1.82) is 0 Å². The van der Waals surface area contributed by atoms with Crippen LogP contribution >= 0.6 is 0 Å². The second-order valence-electron chi connectivity index (χ2n) is 12.7. The first-order valence-electron chi connectivity index (χ1n) is 15.3. The molecule has 8 atom stereocenters. The SMILES string of the molecule is COc1ccc([C@@H]2CO[C@H]3[C@@H]2OC[C@@H]3O)cc1C(=O)N[C@H]1[C@@H](C(=O)Nc2ccc(F)c(C(F)(F)F)c2)[C@H]2CC[C@@H]1/C2=C\C1CC1. The van der Waals surface area contributed by atoms with Gasteiger partial charge in [0.2, 0.25) is 5.91 Å². The number of methoxy groups -OCH3 is 1. The van der Waals surface area contributed by atoms with Gasteiger partial charge in [0, 0.05) is 23.6 Å². The van der Waals surface area contributed by atoms with Crippen LogP contribution in [0.3, 0.4) is 0 Å². The van der Waals surface area contributed by atoms with E-state index in [0.29, 0.717) is 30.4 Å². The van der Waals surface area contributed by atoms with Crippen molar-refractivity contribution in [1.82, 2.24) is 5.32 Å². The Labute approximate surface area is 257 Å². The average molecular weight is 631 g/mol. The van der Waals surface area contributed by atoms with Crippen LogP contribution in [0.4, 0.5) is 23.2 Å². The number of allylic oxidation sites excluding steroid dienone is 1. The second-order valence-corrected chi connectivity index (χ2v) is 12.7. The quantitative estimate of drug-likeness (QED) is 0.299. The molecule has 3 aliphatic carbocycles. The summed E-state index contributed by atoms with van der Waals surface area (Å²) in [6.07, 6.45) is -0.594. The molecule has 2 aliphatic heterocycles. The highest BCUT2D eigenvalue weighted by Gasteiger charge is 2.55. The van der Waals surface area contributed by atoms with E-state index >= 15 is 0 Å². The number of amides is 2. The van der Waals surface area contributed by atoms with E-state index in [2.05, 4.69) is 16.7 Å². The van der Waals surface area contributed by atoms with Crippen LogP contribution in [0.15, 0.2) is 48.0 Å². The molecule has 2 bridgehead atoms. The number of anilines is 1. The highest BCUT2D eigenvalue weighted by atomic mass is 19.4. The zero-order valence-electron chi connectivity index (χ0n) is 24.5. The van der Waals surface area contributed by atoms with Crippen LogP contribution in [-0.4, -0.2) is 61.6 Å². The third kappa shape index (κ3) is 5.50. The molecular formula is C33H34F4N2O6. The van der Waals surface area contributed by atoms with Crippen molar-refractivity contribution in [3.63, 3.8) is 0 Å². The van der Waals surface area contributed by atoms with Crippen LogP contribution < -0.4 is 15.4 Å². The van der Waals surface area contributed by atoms with Crippen LogP contribution in [-0.2, 0) is 20.4 Å². The van der Waals surface area contributed by atoms with Crippen molar-refractivity contribution in [3.05, 3.63) is 70.6 Å². The maximum Gasteiger partial charge on any atom is 0.419 e. The molecule has 5 aliphatic rings. The van der Waals surface area contributed by atoms with Gasteiger partial charge < -0.3 is 30.0 Å². The molecule has 2 aromatic carbocycles. The van der Waals surface area contributed by atoms with Crippen molar-refractivity contribution in [2.75, 3.05) is 25.6 Å². The molecule has 8 nitrogen and oxygen atoms in total. The molecule has 3 N–H and O–H groups in total. The third-order valence-electron chi connectivity index (χ3n) is 10.0. The topological polar surface area (TPSA) is 106 Å². The molecule has 0 aromatic heterocycles. The van der Waals surface area contributed by atoms with E-state index in [9.17, 15) is 32.3 Å². The van der Waals surface area contributed by atoms with Gasteiger partial charge in [0.1, 0.15) is 23.8 Å². The number of hydrogen-bond acceptors (Lipinski definition) is 6. The fourth-order valence-electron chi connectivity index (χ4n) is 7.73. The van der Waals surface area contributed by atoms with Gasteiger partial charge in [-0.3, -0.25) is 9.59 Å². The molecule has 2 amide bonds. The predicted octanol–water partition coefficient (Wildman–Crippen LogP) is 4.82. The number of ether oxygens (including phenoxy) is 3. The number of nitrogens with one attached hydrogen (secondary N) is 2. The summed E-state index contributed by atoms with van der Waals surface area (Å²) < 4.78 is 71.1. The number of benzene rings is 2. The lowest BCUT2D eigenvalue weighted by atomic mass is 9.83. The average Bonchev–Trinajstić information content (AvgIpc) is 3.29. The molecule has 2 saturated heterocycles. The number of alkyl halides is 3. The first-order valence-corrected chi connectivity index (χ1v) is 15.3. The van der Waals surface area contributed by atoms with Crippen molar-refractivity contribution < 1.29 is 46.5 Å². The van der Waals surface area contributed by atoms with E-state index in [1.165, 1.54) is 7.11 Å². The van der Waals surface area contributed by atoms with Crippen LogP contribution in [0.5, 0.6) is 5.75 Å². The molecule has 45 heavy (non-hydrogen) atoms. The van der Waals surface area contributed by atoms with Crippen LogP contribution in [0, 0.1) is 29.5 Å². The molecule has 0 radical (unpaired) electrons. The normalized spacial score (nSPS) is 33.0. The number of carbonyl (C=O) groups is 2. The first-order chi connectivity index (χ1) is 21.5. The summed E-state index contributed by atoms with van der Waals surface area (Å²) in [5.74, 6) is -2.83. The lowest BCUT2D eigenvalue weighted by Crippen LogP contribution is -2.48. The van der Waals surface area contributed by atoms with Gasteiger partial charge in [-0.2, -0.15) is 13.2 Å². The third-order valence-corrected chi connectivity index (χ3v) is 10.0. The monoisotopic (exact) mass is 630 g/mol. The highest BCUT2D eigenvalue weighted by molar-refractivity contribution is 5.99. The summed E-state index contributed by atoms with van der Waals surface area (Å²) >= 11 is 0. The Bertz CT molecular complexity index is 1540. The van der Waals surface area contributed by atoms with Gasteiger partial charge in [-0.05, 0) is 73.4 Å². The lowest BCUT2D eigenvalue weighted by Gasteiger charge is -2.30. The number of fused-ring (bicyclic) bond motifs is 3. The molecule has 3 saturated carbocycles. The molecule has 0 spiro atoms. The van der Waals surface area contributed by atoms with Crippen LogP contribution in [0.25, 0.3) is 0 Å². The van der Waals surface area contributed by atoms with Gasteiger partial charge in [0.25, 0.3) is 5.91 Å². The summed E-state index contributed by atoms with van der Waals surface area (Å²) in [6, 6.07) is 7.02. The largest absolute Gasteiger partial charge is 0.496 e. The van der Waals surface area contributed by atoms with Crippen LogP contribution in [0.1, 0.15) is 53.1 Å². The molecule has 2 aromatic rings. The molecule has 12 heteroatoms. The number of aliphatic hydroxyl groups is 1. The van der Waals surface area contributed by atoms with Gasteiger partial charge in [-0.15, -0.1) is 0 Å². The van der Waals surface area contributed by atoms with E-state index in [-0.39, 0.29) is 41.7 Å². The predicted molar refractivity (Wildman–Crippen MR) is 153 cm³/mol. The van der Waals surface area contributed by atoms with Crippen molar-refractivity contribution >= 4 is 17.5 Å². The van der Waals surface area contributed by atoms with E-state index in [4.69, 9.17) is 14.2 Å². The summed E-state index contributed by atoms with van der Waals surface area (Å²) in [4.78, 5) is 27.7. The maximum atomic E-state index is 14.0. The number of carbonyl (C=O) groups excluding carboxylic acids is 2. The van der Waals surface area contributed by atoms with Gasteiger partial charge in [-0.1, -0.05) is 17.7 Å². The molecule has 7 rings (SSSR count). The fraction of sp³-hybridized carbons (Fsp3) is 0.515. The zero-order chi connectivity index (χ0) is 31.6. The Hall–Kier alpha value is -3.48. The Kier molecular flexibility index (Phi) is 7.65. The first kappa shape index (κ1) is 30.2. The van der Waals surface area contributed by atoms with Gasteiger partial charge in [0.15, 0.2) is 0 Å². The Morgan fingerprint density at radius 2 is 1.73 bits per heavy atom. The van der Waals surface area contributed by atoms with Gasteiger partial charge in [0.05, 0.1) is 43.5 Å². The van der Waals surface area contributed by atoms with E-state index in [1.807, 2.05) is 6.07 Å². The molecular weight excluding hydrogens is 596 g/mol. The summed E-state index contributed by atoms with van der Waals surface area (Å²) in [6.45, 7) is 0.498. The zero-order valence-corrected chi connectivity index (χ0v) is 24.5. The van der Waals surface area contributed by atoms with E-state index in [0.717, 1.165) is 42.9 Å². The summed E-state index contributed by atoms with van der Waals surface area (Å²) in [7, 11) is 1.46. The number of halogens is 4. The maximum absolute atomic E-state index is 14.0. The Morgan fingerprint density at radius 1 is 0.978 bits per heavy atom. The summed E-state index contributed by atoms with van der Waals surface area (Å²) in [5.41, 5.74) is 0.539. The Balaban J connectivity index is 1.16. The summed E-state index contributed by atoms with van der Waals surface area (Å²) in [5, 5.41) is 15.8. The minimum Gasteiger partial charge on any atom is -0.496 e. The van der Waals surface area contributed by atoms with Crippen LogP contribution in [0.2, 0.25) is 0 Å². The second kappa shape index (κ2) is 11.4. The van der Waals surface area contributed by atoms with Crippen molar-refractivity contribution in [3.8, 4) is 5.75 Å². The lowest BCUT2D eigenvalue weighted by molar-refractivity contribution is -0.140. The molecule has 2 heterocycles.